The zero-order valence-electron chi connectivity index (χ0n) is 14.7. The summed E-state index contributed by atoms with van der Waals surface area (Å²) in [6.45, 7) is 15.8. The Labute approximate surface area is 126 Å². The Balaban J connectivity index is -0.000000234. The quantitative estimate of drug-likeness (QED) is 0.643. The first kappa shape index (κ1) is 24.8. The summed E-state index contributed by atoms with van der Waals surface area (Å²) in [5, 5.41) is 26.0. The Morgan fingerprint density at radius 2 is 0.950 bits per heavy atom. The van der Waals surface area contributed by atoms with Crippen molar-refractivity contribution in [1.82, 2.24) is 4.90 Å². The van der Waals surface area contributed by atoms with Crippen molar-refractivity contribution in [3.05, 3.63) is 0 Å². The summed E-state index contributed by atoms with van der Waals surface area (Å²) in [6, 6.07) is 0. The molecule has 0 aromatic carbocycles. The predicted molar refractivity (Wildman–Crippen MR) is 88.0 cm³/mol. The molecule has 126 valence electrons. The highest BCUT2D eigenvalue weighted by molar-refractivity contribution is 4.74. The van der Waals surface area contributed by atoms with Crippen LogP contribution in [0.3, 0.4) is 0 Å². The Hall–Kier alpha value is -0.160. The van der Waals surface area contributed by atoms with Crippen LogP contribution in [0.2, 0.25) is 0 Å². The van der Waals surface area contributed by atoms with Crippen LogP contribution >= 0.6 is 0 Å². The largest absolute Gasteiger partial charge is 0.396 e. The molecule has 0 amide bonds. The summed E-state index contributed by atoms with van der Waals surface area (Å²) in [7, 11) is 0. The third kappa shape index (κ3) is 14.3. The van der Waals surface area contributed by atoms with Gasteiger partial charge in [-0.05, 0) is 26.1 Å². The van der Waals surface area contributed by atoms with Gasteiger partial charge in [0.2, 0.25) is 0 Å². The first-order chi connectivity index (χ1) is 9.50. The van der Waals surface area contributed by atoms with Crippen molar-refractivity contribution < 1.29 is 15.3 Å². The molecule has 0 aromatic heterocycles. The first-order valence-corrected chi connectivity index (χ1v) is 8.05. The summed E-state index contributed by atoms with van der Waals surface area (Å²) in [5.41, 5.74) is -0.667. The minimum absolute atomic E-state index is 0.156. The molecule has 20 heavy (non-hydrogen) atoms. The summed E-state index contributed by atoms with van der Waals surface area (Å²) < 4.78 is 0. The van der Waals surface area contributed by atoms with Gasteiger partial charge in [-0.2, -0.15) is 0 Å². The molecule has 4 heteroatoms. The predicted octanol–water partition coefficient (Wildman–Crippen LogP) is 2.51. The van der Waals surface area contributed by atoms with Crippen LogP contribution in [0.5, 0.6) is 0 Å². The number of unbranched alkanes of at least 4 members (excludes halogenated alkanes) is 1. The van der Waals surface area contributed by atoms with Crippen molar-refractivity contribution in [2.24, 2.45) is 5.41 Å². The maximum atomic E-state index is 8.66. The standard InChI is InChI=1S/C6H15N.C6H14O3.C4H10/c1-4-7(5-2)6-3;1-2-6(3-7,4-8)5-9;1-3-4-2/h4-6H2,1-3H3;7-9H,2-5H2,1H3;3-4H2,1-2H3. The van der Waals surface area contributed by atoms with Crippen LogP contribution in [0, 0.1) is 5.41 Å². The molecular formula is C16H39NO3. The van der Waals surface area contributed by atoms with Crippen molar-refractivity contribution in [1.29, 1.82) is 0 Å². The number of nitrogens with zero attached hydrogens (tertiary/aromatic N) is 1. The zero-order chi connectivity index (χ0) is 16.4. The second-order valence-corrected chi connectivity index (χ2v) is 4.95. The van der Waals surface area contributed by atoms with Crippen LogP contribution < -0.4 is 0 Å². The van der Waals surface area contributed by atoms with E-state index in [1.54, 1.807) is 0 Å². The van der Waals surface area contributed by atoms with Gasteiger partial charge in [0.1, 0.15) is 0 Å². The Kier molecular flexibility index (Phi) is 23.4. The van der Waals surface area contributed by atoms with E-state index in [9.17, 15) is 0 Å². The van der Waals surface area contributed by atoms with Crippen molar-refractivity contribution in [2.75, 3.05) is 39.5 Å². The fraction of sp³-hybridized carbons (Fsp3) is 1.00. The molecular weight excluding hydrogens is 254 g/mol. The van der Waals surface area contributed by atoms with E-state index in [0.29, 0.717) is 6.42 Å². The highest BCUT2D eigenvalue weighted by Crippen LogP contribution is 2.18. The number of hydrogen-bond donors (Lipinski definition) is 3. The third-order valence-electron chi connectivity index (χ3n) is 3.60. The van der Waals surface area contributed by atoms with E-state index in [0.717, 1.165) is 0 Å². The molecule has 0 bridgehead atoms. The van der Waals surface area contributed by atoms with E-state index in [1.807, 2.05) is 6.92 Å². The third-order valence-corrected chi connectivity index (χ3v) is 3.60. The molecule has 0 saturated carbocycles. The first-order valence-electron chi connectivity index (χ1n) is 8.05. The lowest BCUT2D eigenvalue weighted by molar-refractivity contribution is 0.00304. The van der Waals surface area contributed by atoms with Crippen molar-refractivity contribution in [2.45, 2.75) is 60.8 Å². The minimum Gasteiger partial charge on any atom is -0.396 e. The molecule has 0 aliphatic carbocycles. The van der Waals surface area contributed by atoms with Crippen LogP contribution in [0.4, 0.5) is 0 Å². The van der Waals surface area contributed by atoms with Crippen LogP contribution in [0.15, 0.2) is 0 Å². The Morgan fingerprint density at radius 3 is 0.950 bits per heavy atom. The zero-order valence-corrected chi connectivity index (χ0v) is 14.7. The monoisotopic (exact) mass is 293 g/mol. The molecule has 0 heterocycles. The van der Waals surface area contributed by atoms with E-state index >= 15 is 0 Å². The van der Waals surface area contributed by atoms with Crippen LogP contribution in [0.25, 0.3) is 0 Å². The van der Waals surface area contributed by atoms with E-state index in [1.165, 1.54) is 32.5 Å². The lowest BCUT2D eigenvalue weighted by atomic mass is 9.88. The normalized spacial score (nSPS) is 10.5. The molecule has 0 radical (unpaired) electrons. The van der Waals surface area contributed by atoms with Gasteiger partial charge in [0.25, 0.3) is 0 Å². The average molecular weight is 293 g/mol. The Bertz CT molecular complexity index is 133. The molecule has 0 aliphatic rings. The number of aliphatic hydroxyl groups is 3. The highest BCUT2D eigenvalue weighted by atomic mass is 16.3. The summed E-state index contributed by atoms with van der Waals surface area (Å²) in [5.74, 6) is 0. The van der Waals surface area contributed by atoms with Gasteiger partial charge in [-0.1, -0.05) is 54.4 Å². The summed E-state index contributed by atoms with van der Waals surface area (Å²) >= 11 is 0. The van der Waals surface area contributed by atoms with Gasteiger partial charge in [-0.15, -0.1) is 0 Å². The minimum atomic E-state index is -0.667. The van der Waals surface area contributed by atoms with Crippen LogP contribution in [-0.2, 0) is 0 Å². The smallest absolute Gasteiger partial charge is 0.0531 e. The lowest BCUT2D eigenvalue weighted by Crippen LogP contribution is -2.32. The average Bonchev–Trinajstić information content (AvgIpc) is 2.53. The number of hydrogen-bond acceptors (Lipinski definition) is 4. The molecule has 0 aliphatic heterocycles. The lowest BCUT2D eigenvalue weighted by Gasteiger charge is -2.24. The Morgan fingerprint density at radius 1 is 0.650 bits per heavy atom. The van der Waals surface area contributed by atoms with E-state index in [4.69, 9.17) is 15.3 Å². The molecule has 0 atom stereocenters. The van der Waals surface area contributed by atoms with Crippen molar-refractivity contribution in [3.8, 4) is 0 Å². The molecule has 3 N–H and O–H groups in total. The highest BCUT2D eigenvalue weighted by Gasteiger charge is 2.24. The van der Waals surface area contributed by atoms with Gasteiger partial charge in [-0.3, -0.25) is 0 Å². The van der Waals surface area contributed by atoms with Gasteiger partial charge in [0, 0.05) is 5.41 Å². The number of rotatable bonds is 8. The van der Waals surface area contributed by atoms with Gasteiger partial charge in [-0.25, -0.2) is 0 Å². The van der Waals surface area contributed by atoms with Crippen LogP contribution in [0.1, 0.15) is 60.8 Å². The van der Waals surface area contributed by atoms with Gasteiger partial charge >= 0.3 is 0 Å². The maximum Gasteiger partial charge on any atom is 0.0531 e. The fourth-order valence-electron chi connectivity index (χ4n) is 1.16. The number of aliphatic hydroxyl groups excluding tert-OH is 3. The van der Waals surface area contributed by atoms with Gasteiger partial charge in [0.15, 0.2) is 0 Å². The molecule has 0 saturated heterocycles. The van der Waals surface area contributed by atoms with Crippen molar-refractivity contribution >= 4 is 0 Å². The van der Waals surface area contributed by atoms with Gasteiger partial charge in [0.05, 0.1) is 19.8 Å². The van der Waals surface area contributed by atoms with E-state index < -0.39 is 5.41 Å². The molecule has 4 nitrogen and oxygen atoms in total. The molecule has 0 fully saturated rings. The van der Waals surface area contributed by atoms with E-state index in [-0.39, 0.29) is 19.8 Å². The topological polar surface area (TPSA) is 63.9 Å². The fourth-order valence-corrected chi connectivity index (χ4v) is 1.16. The SMILES string of the molecule is CCC(CO)(CO)CO.CCCC.CCN(CC)CC. The van der Waals surface area contributed by atoms with Crippen LogP contribution in [-0.4, -0.2) is 59.7 Å². The van der Waals surface area contributed by atoms with Crippen molar-refractivity contribution in [3.63, 3.8) is 0 Å². The maximum absolute atomic E-state index is 8.66. The molecule has 0 unspecified atom stereocenters. The molecule has 0 rings (SSSR count). The molecule has 0 aromatic rings. The second-order valence-electron chi connectivity index (χ2n) is 4.95. The second kappa shape index (κ2) is 18.8. The van der Waals surface area contributed by atoms with Gasteiger partial charge < -0.3 is 20.2 Å². The van der Waals surface area contributed by atoms with E-state index in [2.05, 4.69) is 39.5 Å². The molecule has 0 spiro atoms. The summed E-state index contributed by atoms with van der Waals surface area (Å²) in [4.78, 5) is 2.38. The summed E-state index contributed by atoms with van der Waals surface area (Å²) in [6.07, 6.45) is 3.23.